The molecule has 0 aromatic carbocycles. The van der Waals surface area contributed by atoms with E-state index < -0.39 is 47.9 Å². The van der Waals surface area contributed by atoms with Crippen LogP contribution in [0.25, 0.3) is 0 Å². The van der Waals surface area contributed by atoms with Crippen LogP contribution in [0.5, 0.6) is 0 Å². The largest absolute Gasteiger partial charge is 0.480 e. The monoisotopic (exact) mass is 710 g/mol. The summed E-state index contributed by atoms with van der Waals surface area (Å²) in [5.41, 5.74) is 3.98. The molecule has 0 heterocycles. The molecule has 274 valence electrons. The van der Waals surface area contributed by atoms with Crippen LogP contribution in [0.15, 0.2) is 34.9 Å². The molecule has 10 nitrogen and oxygen atoms in total. The van der Waals surface area contributed by atoms with Gasteiger partial charge in [-0.25, -0.2) is 4.79 Å². The molecular weight excluding hydrogens is 649 g/mol. The van der Waals surface area contributed by atoms with Crippen molar-refractivity contribution in [1.82, 2.24) is 21.3 Å². The van der Waals surface area contributed by atoms with E-state index in [4.69, 9.17) is 0 Å². The summed E-state index contributed by atoms with van der Waals surface area (Å²) in [6.45, 7) is 17.1. The number of carboxylic acid groups (broad SMARTS) is 1. The van der Waals surface area contributed by atoms with Crippen molar-refractivity contribution < 1.29 is 29.1 Å². The van der Waals surface area contributed by atoms with Gasteiger partial charge in [0.05, 0.1) is 0 Å². The number of amides is 4. The number of aliphatic carboxylic acids is 1. The van der Waals surface area contributed by atoms with E-state index in [1.165, 1.54) is 47.2 Å². The van der Waals surface area contributed by atoms with Crippen LogP contribution in [-0.4, -0.2) is 82.4 Å². The number of carbonyl (C=O) groups excluding carboxylic acids is 4. The highest BCUT2D eigenvalue weighted by Crippen LogP contribution is 2.15. The second kappa shape index (κ2) is 25.3. The number of carboxylic acids is 1. The molecule has 12 heteroatoms. The van der Waals surface area contributed by atoms with Gasteiger partial charge in [-0.1, -0.05) is 69.1 Å². The molecule has 0 aliphatic carbocycles. The van der Waals surface area contributed by atoms with Gasteiger partial charge in [-0.05, 0) is 83.6 Å². The maximum atomic E-state index is 13.5. The Morgan fingerprint density at radius 1 is 0.729 bits per heavy atom. The quantitative estimate of drug-likeness (QED) is 0.0638. The Balaban J connectivity index is 5.42. The number of rotatable bonds is 24. The average molecular weight is 711 g/mol. The molecule has 0 fully saturated rings. The van der Waals surface area contributed by atoms with E-state index in [1.807, 2.05) is 13.2 Å². The summed E-state index contributed by atoms with van der Waals surface area (Å²) in [5.74, 6) is -2.20. The van der Waals surface area contributed by atoms with E-state index in [-0.39, 0.29) is 24.2 Å². The topological polar surface area (TPSA) is 154 Å². The first-order valence-electron chi connectivity index (χ1n) is 17.0. The molecule has 0 rings (SSSR count). The van der Waals surface area contributed by atoms with E-state index >= 15 is 0 Å². The molecule has 0 radical (unpaired) electrons. The van der Waals surface area contributed by atoms with Gasteiger partial charge in [-0.15, -0.1) is 0 Å². The highest BCUT2D eigenvalue weighted by Gasteiger charge is 2.34. The Morgan fingerprint density at radius 3 is 1.81 bits per heavy atom. The van der Waals surface area contributed by atoms with Crippen molar-refractivity contribution in [3.63, 3.8) is 0 Å². The summed E-state index contributed by atoms with van der Waals surface area (Å²) >= 11 is 2.99. The number of nitrogens with one attached hydrogen (secondary N) is 4. The lowest BCUT2D eigenvalue weighted by molar-refractivity contribution is -0.142. The first-order chi connectivity index (χ1) is 22.5. The third kappa shape index (κ3) is 19.9. The lowest BCUT2D eigenvalue weighted by atomic mass is 9.96. The third-order valence-corrected chi connectivity index (χ3v) is 9.53. The summed E-state index contributed by atoms with van der Waals surface area (Å²) < 4.78 is 0. The van der Waals surface area contributed by atoms with Gasteiger partial charge in [-0.3, -0.25) is 19.2 Å². The second-order valence-electron chi connectivity index (χ2n) is 13.0. The summed E-state index contributed by atoms with van der Waals surface area (Å²) in [6.07, 6.45) is 13.4. The summed E-state index contributed by atoms with van der Waals surface area (Å²) in [6, 6.07) is -3.91. The third-order valence-electron chi connectivity index (χ3n) is 7.92. The van der Waals surface area contributed by atoms with E-state index in [2.05, 4.69) is 67.2 Å². The molecule has 0 spiro atoms. The van der Waals surface area contributed by atoms with Crippen molar-refractivity contribution in [2.24, 2.45) is 11.8 Å². The fourth-order valence-corrected chi connectivity index (χ4v) is 6.12. The minimum Gasteiger partial charge on any atom is -0.480 e. The molecule has 0 saturated heterocycles. The number of carbonyl (C=O) groups is 5. The Labute approximate surface area is 297 Å². The highest BCUT2D eigenvalue weighted by atomic mass is 32.2. The van der Waals surface area contributed by atoms with Gasteiger partial charge in [-0.2, -0.15) is 23.5 Å². The minimum absolute atomic E-state index is 0.250. The predicted octanol–water partition coefficient (Wildman–Crippen LogP) is 5.64. The molecule has 0 saturated carbocycles. The van der Waals surface area contributed by atoms with E-state index in [1.54, 1.807) is 20.8 Å². The molecule has 0 aliphatic heterocycles. The van der Waals surface area contributed by atoms with Crippen molar-refractivity contribution in [3.05, 3.63) is 34.9 Å². The van der Waals surface area contributed by atoms with Crippen LogP contribution in [0.1, 0.15) is 101 Å². The molecule has 5 N–H and O–H groups in total. The SMILES string of the molecule is CC[C@H](C)[C@H](NC(=O)[C@@H](NC(=O)[C@H](CSC/C=C(/C)CC/C=C(\C)CCC=C(C)C)NC(C)=O)C(C)C)C(=O)N[C@@H](CCSC)C(=O)O. The van der Waals surface area contributed by atoms with Crippen molar-refractivity contribution >= 4 is 53.1 Å². The maximum absolute atomic E-state index is 13.5. The summed E-state index contributed by atoms with van der Waals surface area (Å²) in [7, 11) is 0. The Kier molecular flexibility index (Phi) is 23.8. The van der Waals surface area contributed by atoms with Crippen LogP contribution in [0.2, 0.25) is 0 Å². The van der Waals surface area contributed by atoms with Gasteiger partial charge in [0.15, 0.2) is 0 Å². The fourth-order valence-electron chi connectivity index (χ4n) is 4.64. The summed E-state index contributed by atoms with van der Waals surface area (Å²) in [5, 5.41) is 20.4. The molecule has 4 amide bonds. The number of hydrogen-bond donors (Lipinski definition) is 5. The van der Waals surface area contributed by atoms with Gasteiger partial charge in [0.2, 0.25) is 23.6 Å². The minimum atomic E-state index is -1.14. The van der Waals surface area contributed by atoms with Crippen molar-refractivity contribution in [3.8, 4) is 0 Å². The zero-order valence-electron chi connectivity index (χ0n) is 30.9. The van der Waals surface area contributed by atoms with Crippen LogP contribution >= 0.6 is 23.5 Å². The van der Waals surface area contributed by atoms with E-state index in [0.717, 1.165) is 25.7 Å². The number of thioether (sulfide) groups is 2. The fraction of sp³-hybridized carbons (Fsp3) is 0.694. The van der Waals surface area contributed by atoms with E-state index in [9.17, 15) is 29.1 Å². The normalized spacial score (nSPS) is 15.1. The van der Waals surface area contributed by atoms with Gasteiger partial charge in [0, 0.05) is 18.4 Å². The molecular formula is C36H62N4O6S2. The second-order valence-corrected chi connectivity index (χ2v) is 15.1. The Bertz CT molecular complexity index is 1130. The van der Waals surface area contributed by atoms with Crippen LogP contribution in [-0.2, 0) is 24.0 Å². The van der Waals surface area contributed by atoms with Crippen LogP contribution in [0.4, 0.5) is 0 Å². The smallest absolute Gasteiger partial charge is 0.326 e. The molecule has 0 unspecified atom stereocenters. The molecule has 0 bridgehead atoms. The first-order valence-corrected chi connectivity index (χ1v) is 19.5. The predicted molar refractivity (Wildman–Crippen MR) is 201 cm³/mol. The Hall–Kier alpha value is -2.73. The van der Waals surface area contributed by atoms with E-state index in [0.29, 0.717) is 23.7 Å². The zero-order chi connectivity index (χ0) is 36.8. The molecule has 5 atom stereocenters. The number of hydrogen-bond acceptors (Lipinski definition) is 7. The molecule has 0 aromatic heterocycles. The first kappa shape index (κ1) is 45.3. The molecule has 0 aliphatic rings. The van der Waals surface area contributed by atoms with Gasteiger partial charge < -0.3 is 26.4 Å². The van der Waals surface area contributed by atoms with Crippen LogP contribution < -0.4 is 21.3 Å². The molecule has 48 heavy (non-hydrogen) atoms. The summed E-state index contributed by atoms with van der Waals surface area (Å²) in [4.78, 5) is 63.8. The van der Waals surface area contributed by atoms with Crippen molar-refractivity contribution in [2.45, 2.75) is 125 Å². The van der Waals surface area contributed by atoms with Gasteiger partial charge in [0.1, 0.15) is 24.2 Å². The lowest BCUT2D eigenvalue weighted by Crippen LogP contribution is -2.60. The van der Waals surface area contributed by atoms with Gasteiger partial charge >= 0.3 is 5.97 Å². The average Bonchev–Trinajstić information content (AvgIpc) is 3.00. The Morgan fingerprint density at radius 2 is 1.29 bits per heavy atom. The van der Waals surface area contributed by atoms with Crippen molar-refractivity contribution in [2.75, 3.05) is 23.5 Å². The van der Waals surface area contributed by atoms with Crippen LogP contribution in [0.3, 0.4) is 0 Å². The maximum Gasteiger partial charge on any atom is 0.326 e. The van der Waals surface area contributed by atoms with Crippen LogP contribution in [0, 0.1) is 11.8 Å². The lowest BCUT2D eigenvalue weighted by Gasteiger charge is -2.29. The highest BCUT2D eigenvalue weighted by molar-refractivity contribution is 7.99. The van der Waals surface area contributed by atoms with Gasteiger partial charge in [0.25, 0.3) is 0 Å². The molecule has 0 aromatic rings. The number of allylic oxidation sites excluding steroid dienone is 5. The van der Waals surface area contributed by atoms with Crippen molar-refractivity contribution in [1.29, 1.82) is 0 Å². The standard InChI is InChI=1S/C36H62N4O6S2/c1-11-27(8)32(35(44)38-29(36(45)46)19-20-47-10)40-34(43)31(24(4)5)39-33(42)30(37-28(9)41)22-48-21-18-26(7)17-13-16-25(6)15-12-14-23(2)3/h14,16,18,24,27,29-32H,11-13,15,17,19-22H2,1-10H3,(H,37,41)(H,38,44)(H,39,42)(H,40,43)(H,45,46)/b25-16+,26-18-/t27-,29-,30-,31-,32-/m0/s1. The zero-order valence-corrected chi connectivity index (χ0v) is 32.5.